The highest BCUT2D eigenvalue weighted by Crippen LogP contribution is 2.00. The average molecular weight is 257 g/mol. The van der Waals surface area contributed by atoms with E-state index in [9.17, 15) is 0 Å². The van der Waals surface area contributed by atoms with E-state index in [2.05, 4.69) is 31.9 Å². The van der Waals surface area contributed by atoms with Crippen molar-refractivity contribution in [3.63, 3.8) is 0 Å². The van der Waals surface area contributed by atoms with E-state index in [-0.39, 0.29) is 0 Å². The van der Waals surface area contributed by atoms with Crippen LogP contribution in [0.5, 0.6) is 0 Å². The molecular formula is C14H19N5. The number of aromatic nitrogens is 3. The van der Waals surface area contributed by atoms with Gasteiger partial charge in [-0.05, 0) is 37.6 Å². The Labute approximate surface area is 113 Å². The molecule has 2 aromatic heterocycles. The summed E-state index contributed by atoms with van der Waals surface area (Å²) in [6.45, 7) is 6.40. The van der Waals surface area contributed by atoms with E-state index in [0.29, 0.717) is 0 Å². The molecule has 0 aromatic carbocycles. The van der Waals surface area contributed by atoms with Gasteiger partial charge >= 0.3 is 0 Å². The molecule has 0 atom stereocenters. The Morgan fingerprint density at radius 3 is 2.58 bits per heavy atom. The van der Waals surface area contributed by atoms with E-state index < -0.39 is 0 Å². The molecule has 100 valence electrons. The lowest BCUT2D eigenvalue weighted by molar-refractivity contribution is 0.691. The number of aryl methyl sites for hydroxylation is 2. The van der Waals surface area contributed by atoms with Gasteiger partial charge in [-0.1, -0.05) is 6.07 Å². The summed E-state index contributed by atoms with van der Waals surface area (Å²) in [6, 6.07) is 7.99. The van der Waals surface area contributed by atoms with Crippen LogP contribution < -0.4 is 10.6 Å². The Kier molecular flexibility index (Phi) is 4.80. The van der Waals surface area contributed by atoms with Crippen LogP contribution in [0.15, 0.2) is 30.5 Å². The molecule has 2 rings (SSSR count). The van der Waals surface area contributed by atoms with Crippen molar-refractivity contribution in [2.24, 2.45) is 0 Å². The van der Waals surface area contributed by atoms with E-state index in [0.717, 1.165) is 36.8 Å². The summed E-state index contributed by atoms with van der Waals surface area (Å²) in [5, 5.41) is 14.6. The first-order chi connectivity index (χ1) is 9.24. The van der Waals surface area contributed by atoms with Crippen molar-refractivity contribution in [2.75, 3.05) is 18.4 Å². The zero-order chi connectivity index (χ0) is 13.5. The van der Waals surface area contributed by atoms with Crippen molar-refractivity contribution in [3.05, 3.63) is 47.4 Å². The molecule has 2 aromatic rings. The van der Waals surface area contributed by atoms with Gasteiger partial charge in [0.25, 0.3) is 0 Å². The Hall–Kier alpha value is -2.01. The number of hydrogen-bond acceptors (Lipinski definition) is 5. The van der Waals surface area contributed by atoms with Gasteiger partial charge in [0, 0.05) is 25.8 Å². The van der Waals surface area contributed by atoms with Gasteiger partial charge in [0.05, 0.1) is 11.4 Å². The molecule has 5 heteroatoms. The lowest BCUT2D eigenvalue weighted by atomic mass is 10.3. The van der Waals surface area contributed by atoms with Crippen LogP contribution in [0.2, 0.25) is 0 Å². The Balaban J connectivity index is 1.64. The topological polar surface area (TPSA) is 62.7 Å². The number of anilines is 1. The van der Waals surface area contributed by atoms with Gasteiger partial charge < -0.3 is 10.6 Å². The van der Waals surface area contributed by atoms with Crippen LogP contribution in [-0.2, 0) is 6.54 Å². The van der Waals surface area contributed by atoms with E-state index in [1.54, 1.807) is 0 Å². The molecule has 0 spiro atoms. The van der Waals surface area contributed by atoms with Crippen molar-refractivity contribution in [2.45, 2.75) is 20.4 Å². The number of hydrogen-bond donors (Lipinski definition) is 2. The first-order valence-corrected chi connectivity index (χ1v) is 6.40. The monoisotopic (exact) mass is 257 g/mol. The fourth-order valence-corrected chi connectivity index (χ4v) is 1.59. The molecular weight excluding hydrogens is 238 g/mol. The summed E-state index contributed by atoms with van der Waals surface area (Å²) in [5.41, 5.74) is 3.17. The van der Waals surface area contributed by atoms with E-state index in [4.69, 9.17) is 0 Å². The predicted molar refractivity (Wildman–Crippen MR) is 75.9 cm³/mol. The molecule has 0 saturated heterocycles. The Morgan fingerprint density at radius 2 is 1.89 bits per heavy atom. The summed E-state index contributed by atoms with van der Waals surface area (Å²) < 4.78 is 0. The number of rotatable bonds is 6. The number of nitrogens with one attached hydrogen (secondary N) is 2. The lowest BCUT2D eigenvalue weighted by Crippen LogP contribution is -2.22. The molecule has 0 aliphatic heterocycles. The van der Waals surface area contributed by atoms with E-state index in [1.165, 1.54) is 5.56 Å². The molecule has 0 radical (unpaired) electrons. The molecule has 0 aliphatic rings. The molecule has 5 nitrogen and oxygen atoms in total. The van der Waals surface area contributed by atoms with Crippen molar-refractivity contribution in [1.29, 1.82) is 0 Å². The van der Waals surface area contributed by atoms with Gasteiger partial charge in [-0.25, -0.2) is 0 Å². The minimum atomic E-state index is 0.779. The fourth-order valence-electron chi connectivity index (χ4n) is 1.59. The maximum atomic E-state index is 4.34. The molecule has 19 heavy (non-hydrogen) atoms. The Morgan fingerprint density at radius 1 is 1.00 bits per heavy atom. The van der Waals surface area contributed by atoms with Gasteiger partial charge in [0.2, 0.25) is 0 Å². The second-order valence-electron chi connectivity index (χ2n) is 4.49. The predicted octanol–water partition coefficient (Wildman–Crippen LogP) is 1.69. The Bertz CT molecular complexity index is 445. The zero-order valence-electron chi connectivity index (χ0n) is 11.3. The highest BCUT2D eigenvalue weighted by Gasteiger charge is 1.95. The summed E-state index contributed by atoms with van der Waals surface area (Å²) in [4.78, 5) is 4.34. The van der Waals surface area contributed by atoms with Gasteiger partial charge in [0.1, 0.15) is 5.82 Å². The average Bonchev–Trinajstić information content (AvgIpc) is 2.43. The summed E-state index contributed by atoms with van der Waals surface area (Å²) in [7, 11) is 0. The van der Waals surface area contributed by atoms with Crippen molar-refractivity contribution in [3.8, 4) is 0 Å². The highest BCUT2D eigenvalue weighted by atomic mass is 15.2. The van der Waals surface area contributed by atoms with Gasteiger partial charge in [0.15, 0.2) is 0 Å². The maximum absolute atomic E-state index is 4.34. The third-order valence-corrected chi connectivity index (χ3v) is 2.68. The normalized spacial score (nSPS) is 10.4. The molecule has 0 unspecified atom stereocenters. The smallest absolute Gasteiger partial charge is 0.148 e. The number of nitrogens with zero attached hydrogens (tertiary/aromatic N) is 3. The van der Waals surface area contributed by atoms with Gasteiger partial charge in [-0.3, -0.25) is 4.98 Å². The first kappa shape index (κ1) is 13.4. The standard InChI is InChI=1S/C14H19N5/c1-11-3-5-13(17-9-11)10-15-7-8-16-14-6-4-12(2)18-19-14/h3-6,9,15H,7-8,10H2,1-2H3,(H,16,19). The van der Waals surface area contributed by atoms with E-state index >= 15 is 0 Å². The van der Waals surface area contributed by atoms with Crippen LogP contribution >= 0.6 is 0 Å². The van der Waals surface area contributed by atoms with Crippen LogP contribution in [-0.4, -0.2) is 28.3 Å². The van der Waals surface area contributed by atoms with Gasteiger partial charge in [-0.2, -0.15) is 5.10 Å². The van der Waals surface area contributed by atoms with Crippen LogP contribution in [0, 0.1) is 13.8 Å². The van der Waals surface area contributed by atoms with Gasteiger partial charge in [-0.15, -0.1) is 5.10 Å². The summed E-state index contributed by atoms with van der Waals surface area (Å²) in [6.07, 6.45) is 1.89. The largest absolute Gasteiger partial charge is 0.367 e. The SMILES string of the molecule is Cc1ccc(CNCCNc2ccc(C)nn2)nc1. The second kappa shape index (κ2) is 6.80. The minimum Gasteiger partial charge on any atom is -0.367 e. The summed E-state index contributed by atoms with van der Waals surface area (Å²) in [5.74, 6) is 0.806. The molecule has 0 aliphatic carbocycles. The third kappa shape index (κ3) is 4.63. The van der Waals surface area contributed by atoms with Crippen LogP contribution in [0.4, 0.5) is 5.82 Å². The molecule has 2 heterocycles. The molecule has 2 N–H and O–H groups in total. The lowest BCUT2D eigenvalue weighted by Gasteiger charge is -2.06. The van der Waals surface area contributed by atoms with Crippen LogP contribution in [0.25, 0.3) is 0 Å². The van der Waals surface area contributed by atoms with E-state index in [1.807, 2.05) is 38.2 Å². The zero-order valence-corrected chi connectivity index (χ0v) is 11.3. The minimum absolute atomic E-state index is 0.779. The summed E-state index contributed by atoms with van der Waals surface area (Å²) >= 11 is 0. The molecule has 0 amide bonds. The molecule has 0 fully saturated rings. The number of pyridine rings is 1. The van der Waals surface area contributed by atoms with Crippen LogP contribution in [0.1, 0.15) is 17.0 Å². The fraction of sp³-hybridized carbons (Fsp3) is 0.357. The van der Waals surface area contributed by atoms with Crippen LogP contribution in [0.3, 0.4) is 0 Å². The third-order valence-electron chi connectivity index (χ3n) is 2.68. The maximum Gasteiger partial charge on any atom is 0.148 e. The first-order valence-electron chi connectivity index (χ1n) is 6.40. The van der Waals surface area contributed by atoms with Crippen molar-refractivity contribution >= 4 is 5.82 Å². The molecule has 0 bridgehead atoms. The molecule has 0 saturated carbocycles. The quantitative estimate of drug-likeness (QED) is 0.771. The van der Waals surface area contributed by atoms with Crippen molar-refractivity contribution < 1.29 is 0 Å². The highest BCUT2D eigenvalue weighted by molar-refractivity contribution is 5.32. The second-order valence-corrected chi connectivity index (χ2v) is 4.49. The van der Waals surface area contributed by atoms with Crippen molar-refractivity contribution in [1.82, 2.24) is 20.5 Å².